The van der Waals surface area contributed by atoms with E-state index in [0.717, 1.165) is 16.9 Å². The van der Waals surface area contributed by atoms with E-state index in [1.54, 1.807) is 24.3 Å². The Labute approximate surface area is 170 Å². The molecule has 0 aliphatic carbocycles. The van der Waals surface area contributed by atoms with Gasteiger partial charge in [0.1, 0.15) is 5.75 Å². The zero-order valence-electron chi connectivity index (χ0n) is 15.5. The number of hydrogen-bond donors (Lipinski definition) is 1. The van der Waals surface area contributed by atoms with E-state index in [4.69, 9.17) is 13.8 Å². The summed E-state index contributed by atoms with van der Waals surface area (Å²) < 4.78 is 54.2. The summed E-state index contributed by atoms with van der Waals surface area (Å²) in [6.45, 7) is -0.0399. The van der Waals surface area contributed by atoms with Crippen LogP contribution in [0.5, 0.6) is 5.75 Å². The Hall–Kier alpha value is -4.09. The number of aromatic amines is 1. The van der Waals surface area contributed by atoms with Crippen LogP contribution in [0.3, 0.4) is 0 Å². The second-order valence-corrected chi connectivity index (χ2v) is 6.37. The Morgan fingerprint density at radius 3 is 2.55 bits per heavy atom. The highest BCUT2D eigenvalue weighted by Gasteiger charge is 2.30. The quantitative estimate of drug-likeness (QED) is 0.496. The van der Waals surface area contributed by atoms with Crippen LogP contribution in [0.25, 0.3) is 11.5 Å². The number of alkyl halides is 3. The average molecular weight is 434 g/mol. The van der Waals surface area contributed by atoms with E-state index in [1.165, 1.54) is 12.1 Å². The lowest BCUT2D eigenvalue weighted by atomic mass is 10.1. The molecule has 0 amide bonds. The van der Waals surface area contributed by atoms with Crippen LogP contribution in [0.4, 0.5) is 13.2 Å². The molecule has 9 nitrogen and oxygen atoms in total. The summed E-state index contributed by atoms with van der Waals surface area (Å²) in [7, 11) is 0. The maximum Gasteiger partial charge on any atom is 0.440 e. The van der Waals surface area contributed by atoms with Gasteiger partial charge in [-0.05, 0) is 42.0 Å². The molecular formula is C19H13F3N4O5. The van der Waals surface area contributed by atoms with Crippen LogP contribution in [0.1, 0.15) is 17.0 Å². The maximum absolute atomic E-state index is 12.7. The molecule has 0 radical (unpaired) electrons. The maximum atomic E-state index is 12.7. The molecule has 4 rings (SSSR count). The zero-order valence-corrected chi connectivity index (χ0v) is 15.5. The first-order valence-corrected chi connectivity index (χ1v) is 8.80. The highest BCUT2D eigenvalue weighted by Crippen LogP contribution is 2.30. The fraction of sp³-hybridized carbons (Fsp3) is 0.158. The molecule has 1 N–H and O–H groups in total. The Bertz CT molecular complexity index is 1300. The molecule has 0 saturated carbocycles. The monoisotopic (exact) mass is 434 g/mol. The van der Waals surface area contributed by atoms with Crippen LogP contribution in [0.15, 0.2) is 67.2 Å². The minimum atomic E-state index is -4.43. The molecule has 160 valence electrons. The predicted molar refractivity (Wildman–Crippen MR) is 98.2 cm³/mol. The van der Waals surface area contributed by atoms with Gasteiger partial charge >= 0.3 is 17.6 Å². The lowest BCUT2D eigenvalue weighted by Crippen LogP contribution is -2.17. The lowest BCUT2D eigenvalue weighted by Gasteiger charge is -2.06. The number of benzene rings is 2. The molecule has 0 aliphatic heterocycles. The summed E-state index contributed by atoms with van der Waals surface area (Å²) >= 11 is 0. The lowest BCUT2D eigenvalue weighted by molar-refractivity contribution is -0.137. The van der Waals surface area contributed by atoms with E-state index >= 15 is 0 Å². The van der Waals surface area contributed by atoms with Crippen LogP contribution in [0, 0.1) is 0 Å². The number of hydrogen-bond acceptors (Lipinski definition) is 7. The van der Waals surface area contributed by atoms with Gasteiger partial charge in [0.05, 0.1) is 12.1 Å². The van der Waals surface area contributed by atoms with Gasteiger partial charge in [-0.3, -0.25) is 0 Å². The fourth-order valence-corrected chi connectivity index (χ4v) is 2.70. The van der Waals surface area contributed by atoms with Crippen LogP contribution in [-0.4, -0.2) is 19.9 Å². The van der Waals surface area contributed by atoms with E-state index < -0.39 is 23.2 Å². The molecule has 2 aromatic heterocycles. The van der Waals surface area contributed by atoms with Gasteiger partial charge < -0.3 is 13.8 Å². The van der Waals surface area contributed by atoms with Crippen molar-refractivity contribution < 1.29 is 27.0 Å². The summed E-state index contributed by atoms with van der Waals surface area (Å²) in [6, 6.07) is 11.0. The van der Waals surface area contributed by atoms with Gasteiger partial charge in [-0.1, -0.05) is 17.3 Å². The number of aromatic nitrogens is 4. The van der Waals surface area contributed by atoms with Gasteiger partial charge in [-0.15, -0.1) is 4.74 Å². The van der Waals surface area contributed by atoms with E-state index in [0.29, 0.717) is 16.9 Å². The third-order valence-electron chi connectivity index (χ3n) is 4.15. The van der Waals surface area contributed by atoms with Crippen molar-refractivity contribution in [3.8, 4) is 17.2 Å². The molecule has 0 spiro atoms. The van der Waals surface area contributed by atoms with Gasteiger partial charge in [-0.25, -0.2) is 14.6 Å². The van der Waals surface area contributed by atoms with E-state index in [9.17, 15) is 22.8 Å². The molecule has 0 fully saturated rings. The zero-order chi connectivity index (χ0) is 22.0. The van der Waals surface area contributed by atoms with Gasteiger partial charge in [0.25, 0.3) is 5.89 Å². The molecule has 0 atom stereocenters. The Morgan fingerprint density at radius 2 is 1.87 bits per heavy atom. The molecule has 2 heterocycles. The largest absolute Gasteiger partial charge is 0.485 e. The normalized spacial score (nSPS) is 11.6. The Kier molecular flexibility index (Phi) is 5.19. The highest BCUT2D eigenvalue weighted by atomic mass is 19.4. The molecule has 0 bridgehead atoms. The average Bonchev–Trinajstić information content (AvgIpc) is 3.32. The minimum Gasteiger partial charge on any atom is -0.485 e. The fourth-order valence-electron chi connectivity index (χ4n) is 2.70. The molecule has 31 heavy (non-hydrogen) atoms. The Balaban J connectivity index is 1.41. The van der Waals surface area contributed by atoms with Crippen molar-refractivity contribution in [2.45, 2.75) is 19.3 Å². The van der Waals surface area contributed by atoms with Crippen LogP contribution >= 0.6 is 0 Å². The van der Waals surface area contributed by atoms with Crippen molar-refractivity contribution in [3.63, 3.8) is 0 Å². The smallest absolute Gasteiger partial charge is 0.440 e. The third kappa shape index (κ3) is 4.74. The Morgan fingerprint density at radius 1 is 1.10 bits per heavy atom. The van der Waals surface area contributed by atoms with E-state index in [1.807, 2.05) is 4.98 Å². The van der Waals surface area contributed by atoms with Crippen LogP contribution in [0.2, 0.25) is 0 Å². The first-order valence-electron chi connectivity index (χ1n) is 8.80. The standard InChI is InChI=1S/C19H13F3N4O5/c20-19(21,22)13-6-4-12(5-7-13)16-23-15(25-30-16)10-29-14-3-1-2-11(8-14)9-26-17(27)24-18(28)31-26/h1-8H,9-10H2,(H,24,27,28). The molecule has 0 aliphatic rings. The summed E-state index contributed by atoms with van der Waals surface area (Å²) in [5.41, 5.74) is -0.465. The summed E-state index contributed by atoms with van der Waals surface area (Å²) in [5.74, 6) is -0.168. The van der Waals surface area contributed by atoms with Crippen LogP contribution in [-0.2, 0) is 19.3 Å². The third-order valence-corrected chi connectivity index (χ3v) is 4.15. The first kappa shape index (κ1) is 20.2. The second kappa shape index (κ2) is 7.97. The number of H-pyrrole nitrogens is 1. The number of nitrogens with zero attached hydrogens (tertiary/aromatic N) is 3. The van der Waals surface area contributed by atoms with Crippen molar-refractivity contribution in [2.24, 2.45) is 0 Å². The van der Waals surface area contributed by atoms with Crippen molar-refractivity contribution in [2.75, 3.05) is 0 Å². The second-order valence-electron chi connectivity index (χ2n) is 6.37. The van der Waals surface area contributed by atoms with Crippen LogP contribution < -0.4 is 16.2 Å². The molecule has 0 unspecified atom stereocenters. The van der Waals surface area contributed by atoms with E-state index in [2.05, 4.69) is 10.1 Å². The molecule has 2 aromatic carbocycles. The molecule has 12 heteroatoms. The highest BCUT2D eigenvalue weighted by molar-refractivity contribution is 5.53. The van der Waals surface area contributed by atoms with Crippen molar-refractivity contribution in [1.82, 2.24) is 19.9 Å². The SMILES string of the molecule is O=c1[nH]c(=O)n(Cc2cccc(OCc3noc(-c4ccc(C(F)(F)F)cc4)n3)c2)o1. The van der Waals surface area contributed by atoms with Crippen molar-refractivity contribution in [3.05, 3.63) is 86.5 Å². The van der Waals surface area contributed by atoms with E-state index in [-0.39, 0.29) is 24.9 Å². The molecule has 4 aromatic rings. The van der Waals surface area contributed by atoms with Gasteiger partial charge in [-0.2, -0.15) is 18.2 Å². The number of halogens is 3. The first-order chi connectivity index (χ1) is 14.8. The molecular weight excluding hydrogens is 421 g/mol. The van der Waals surface area contributed by atoms with Gasteiger partial charge in [0, 0.05) is 5.56 Å². The predicted octanol–water partition coefficient (Wildman–Crippen LogP) is 2.83. The van der Waals surface area contributed by atoms with Crippen molar-refractivity contribution in [1.29, 1.82) is 0 Å². The van der Waals surface area contributed by atoms with Gasteiger partial charge in [0.15, 0.2) is 6.61 Å². The number of ether oxygens (including phenoxy) is 1. The molecule has 0 saturated heterocycles. The number of nitrogens with one attached hydrogen (secondary N) is 1. The minimum absolute atomic E-state index is 0.0229. The number of rotatable bonds is 6. The summed E-state index contributed by atoms with van der Waals surface area (Å²) in [6.07, 6.45) is -4.43. The summed E-state index contributed by atoms with van der Waals surface area (Å²) in [5, 5.41) is 3.75. The topological polar surface area (TPSA) is 116 Å². The van der Waals surface area contributed by atoms with Crippen molar-refractivity contribution >= 4 is 0 Å². The van der Waals surface area contributed by atoms with Gasteiger partial charge in [0.2, 0.25) is 5.82 Å². The summed E-state index contributed by atoms with van der Waals surface area (Å²) in [4.78, 5) is 28.7.